The standard InChI is InChI=1S/C14H19N3O5S/c1-15-13(18)14(19)16-10-5-6-12(22-2)11(9-10)17-7-3-4-8-23(17,20)21/h5-6,9H,3-4,7-8H2,1-2H3,(H,15,18)(H,16,19). The summed E-state index contributed by atoms with van der Waals surface area (Å²) in [5, 5.41) is 4.64. The lowest BCUT2D eigenvalue weighted by Crippen LogP contribution is -2.38. The van der Waals surface area contributed by atoms with Gasteiger partial charge in [-0.05, 0) is 31.0 Å². The Kier molecular flexibility index (Phi) is 5.09. The summed E-state index contributed by atoms with van der Waals surface area (Å²) < 4.78 is 31.0. The van der Waals surface area contributed by atoms with Crippen LogP contribution in [0.1, 0.15) is 12.8 Å². The molecule has 1 fully saturated rings. The zero-order valence-electron chi connectivity index (χ0n) is 13.0. The molecule has 8 nitrogen and oxygen atoms in total. The molecular weight excluding hydrogens is 322 g/mol. The maximum Gasteiger partial charge on any atom is 0.313 e. The van der Waals surface area contributed by atoms with Crippen LogP contribution in [0.25, 0.3) is 0 Å². The first-order chi connectivity index (χ1) is 10.9. The van der Waals surface area contributed by atoms with Crippen LogP contribution >= 0.6 is 0 Å². The monoisotopic (exact) mass is 341 g/mol. The van der Waals surface area contributed by atoms with Gasteiger partial charge >= 0.3 is 11.8 Å². The zero-order chi connectivity index (χ0) is 17.0. The molecule has 1 aliphatic heterocycles. The van der Waals surface area contributed by atoms with Crippen LogP contribution in [0.3, 0.4) is 0 Å². The molecule has 23 heavy (non-hydrogen) atoms. The van der Waals surface area contributed by atoms with Gasteiger partial charge in [-0.25, -0.2) is 8.42 Å². The summed E-state index contributed by atoms with van der Waals surface area (Å²) >= 11 is 0. The van der Waals surface area contributed by atoms with Crippen molar-refractivity contribution in [3.63, 3.8) is 0 Å². The van der Waals surface area contributed by atoms with Gasteiger partial charge in [-0.15, -0.1) is 0 Å². The molecule has 126 valence electrons. The van der Waals surface area contributed by atoms with Gasteiger partial charge in [-0.1, -0.05) is 0 Å². The van der Waals surface area contributed by atoms with Crippen molar-refractivity contribution < 1.29 is 22.7 Å². The molecule has 0 saturated carbocycles. The van der Waals surface area contributed by atoms with E-state index in [4.69, 9.17) is 4.74 Å². The largest absolute Gasteiger partial charge is 0.495 e. The average Bonchev–Trinajstić information content (AvgIpc) is 2.53. The van der Waals surface area contributed by atoms with Gasteiger partial charge in [0, 0.05) is 19.3 Å². The predicted octanol–water partition coefficient (Wildman–Crippen LogP) is 0.310. The topological polar surface area (TPSA) is 105 Å². The van der Waals surface area contributed by atoms with E-state index in [1.165, 1.54) is 24.5 Å². The molecule has 0 radical (unpaired) electrons. The number of sulfonamides is 1. The van der Waals surface area contributed by atoms with E-state index in [-0.39, 0.29) is 5.75 Å². The SMILES string of the molecule is CNC(=O)C(=O)Nc1ccc(OC)c(N2CCCCS2(=O)=O)c1. The lowest BCUT2D eigenvalue weighted by Gasteiger charge is -2.29. The van der Waals surface area contributed by atoms with Crippen molar-refractivity contribution in [1.29, 1.82) is 0 Å². The van der Waals surface area contributed by atoms with Crippen molar-refractivity contribution >= 4 is 33.2 Å². The van der Waals surface area contributed by atoms with Crippen molar-refractivity contribution in [2.45, 2.75) is 12.8 Å². The molecule has 0 aromatic heterocycles. The highest BCUT2D eigenvalue weighted by atomic mass is 32.2. The molecule has 0 unspecified atom stereocenters. The van der Waals surface area contributed by atoms with Crippen molar-refractivity contribution in [2.24, 2.45) is 0 Å². The van der Waals surface area contributed by atoms with Crippen LogP contribution in [-0.2, 0) is 19.6 Å². The quantitative estimate of drug-likeness (QED) is 0.770. The minimum absolute atomic E-state index is 0.0744. The molecule has 0 aliphatic carbocycles. The molecule has 1 saturated heterocycles. The van der Waals surface area contributed by atoms with Crippen molar-refractivity contribution in [3.05, 3.63) is 18.2 Å². The molecule has 1 aromatic rings. The van der Waals surface area contributed by atoms with Gasteiger partial charge in [-0.3, -0.25) is 13.9 Å². The first kappa shape index (κ1) is 17.1. The fraction of sp³-hybridized carbons (Fsp3) is 0.429. The summed E-state index contributed by atoms with van der Waals surface area (Å²) in [5.74, 6) is -1.16. The number of ether oxygens (including phenoxy) is 1. The fourth-order valence-corrected chi connectivity index (χ4v) is 3.96. The van der Waals surface area contributed by atoms with Crippen LogP contribution in [0.4, 0.5) is 11.4 Å². The molecule has 9 heteroatoms. The predicted molar refractivity (Wildman–Crippen MR) is 86.1 cm³/mol. The molecule has 0 bridgehead atoms. The number of carbonyl (C=O) groups is 2. The second-order valence-corrected chi connectivity index (χ2v) is 7.03. The van der Waals surface area contributed by atoms with Crippen LogP contribution in [0, 0.1) is 0 Å². The van der Waals surface area contributed by atoms with E-state index < -0.39 is 21.8 Å². The van der Waals surface area contributed by atoms with E-state index in [1.807, 2.05) is 0 Å². The van der Waals surface area contributed by atoms with Gasteiger partial charge in [0.15, 0.2) is 0 Å². The van der Waals surface area contributed by atoms with Crippen molar-refractivity contribution in [3.8, 4) is 5.75 Å². The van der Waals surface area contributed by atoms with Crippen LogP contribution in [-0.4, -0.2) is 46.7 Å². The second-order valence-electron chi connectivity index (χ2n) is 5.02. The molecular formula is C14H19N3O5S. The fourth-order valence-electron chi connectivity index (χ4n) is 2.32. The van der Waals surface area contributed by atoms with E-state index in [0.717, 1.165) is 6.42 Å². The first-order valence-electron chi connectivity index (χ1n) is 7.10. The molecule has 2 N–H and O–H groups in total. The second kappa shape index (κ2) is 6.86. The van der Waals surface area contributed by atoms with Gasteiger partial charge < -0.3 is 15.4 Å². The molecule has 0 atom stereocenters. The van der Waals surface area contributed by atoms with E-state index >= 15 is 0 Å². The Morgan fingerprint density at radius 1 is 1.22 bits per heavy atom. The van der Waals surface area contributed by atoms with Gasteiger partial charge in [0.1, 0.15) is 5.75 Å². The van der Waals surface area contributed by atoms with Crippen LogP contribution in [0.2, 0.25) is 0 Å². The number of anilines is 2. The smallest absolute Gasteiger partial charge is 0.313 e. The summed E-state index contributed by atoms with van der Waals surface area (Å²) in [6.07, 6.45) is 1.37. The maximum atomic E-state index is 12.3. The molecule has 1 aliphatic rings. The Bertz CT molecular complexity index is 717. The third-order valence-electron chi connectivity index (χ3n) is 3.49. The van der Waals surface area contributed by atoms with E-state index in [1.54, 1.807) is 12.1 Å². The Morgan fingerprint density at radius 3 is 2.57 bits per heavy atom. The van der Waals surface area contributed by atoms with Gasteiger partial charge in [0.2, 0.25) is 10.0 Å². The molecule has 0 spiro atoms. The molecule has 2 rings (SSSR count). The van der Waals surface area contributed by atoms with Gasteiger partial charge in [-0.2, -0.15) is 0 Å². The summed E-state index contributed by atoms with van der Waals surface area (Å²) in [6.45, 7) is 0.353. The zero-order valence-corrected chi connectivity index (χ0v) is 13.8. The number of hydrogen-bond donors (Lipinski definition) is 2. The summed E-state index contributed by atoms with van der Waals surface area (Å²) in [7, 11) is -0.623. The number of nitrogens with zero attached hydrogens (tertiary/aromatic N) is 1. The number of carbonyl (C=O) groups excluding carboxylic acids is 2. The summed E-state index contributed by atoms with van der Waals surface area (Å²) in [6, 6.07) is 4.58. The highest BCUT2D eigenvalue weighted by Gasteiger charge is 2.28. The third kappa shape index (κ3) is 3.73. The molecule has 2 amide bonds. The number of benzene rings is 1. The molecule has 1 aromatic carbocycles. The highest BCUT2D eigenvalue weighted by Crippen LogP contribution is 2.34. The van der Waals surface area contributed by atoms with E-state index in [0.29, 0.717) is 30.1 Å². The minimum atomic E-state index is -3.41. The Hall–Kier alpha value is -2.29. The van der Waals surface area contributed by atoms with Crippen LogP contribution in [0.15, 0.2) is 18.2 Å². The van der Waals surface area contributed by atoms with Crippen molar-refractivity contribution in [1.82, 2.24) is 5.32 Å². The Morgan fingerprint density at radius 2 is 1.96 bits per heavy atom. The first-order valence-corrected chi connectivity index (χ1v) is 8.71. The lowest BCUT2D eigenvalue weighted by molar-refractivity contribution is -0.135. The van der Waals surface area contributed by atoms with Crippen LogP contribution < -0.4 is 19.7 Å². The normalized spacial score (nSPS) is 16.5. The number of hydrogen-bond acceptors (Lipinski definition) is 5. The highest BCUT2D eigenvalue weighted by molar-refractivity contribution is 7.92. The average molecular weight is 341 g/mol. The van der Waals surface area contributed by atoms with Gasteiger partial charge in [0.25, 0.3) is 0 Å². The Labute approximate surface area is 134 Å². The minimum Gasteiger partial charge on any atom is -0.495 e. The third-order valence-corrected chi connectivity index (χ3v) is 5.34. The van der Waals surface area contributed by atoms with E-state index in [2.05, 4.69) is 10.6 Å². The summed E-state index contributed by atoms with van der Waals surface area (Å²) in [5.41, 5.74) is 0.664. The lowest BCUT2D eigenvalue weighted by atomic mass is 10.2. The number of methoxy groups -OCH3 is 1. The maximum absolute atomic E-state index is 12.3. The van der Waals surface area contributed by atoms with E-state index in [9.17, 15) is 18.0 Å². The number of nitrogens with one attached hydrogen (secondary N) is 2. The number of rotatable bonds is 3. The van der Waals surface area contributed by atoms with Gasteiger partial charge in [0.05, 0.1) is 18.6 Å². The number of amides is 2. The Balaban J connectivity index is 2.36. The number of likely N-dealkylation sites (N-methyl/N-ethyl adjacent to an activating group) is 1. The van der Waals surface area contributed by atoms with Crippen LogP contribution in [0.5, 0.6) is 5.75 Å². The molecule has 1 heterocycles. The summed E-state index contributed by atoms with van der Waals surface area (Å²) in [4.78, 5) is 22.9. The van der Waals surface area contributed by atoms with Crippen molar-refractivity contribution in [2.75, 3.05) is 36.1 Å².